The van der Waals surface area contributed by atoms with Gasteiger partial charge in [0.05, 0.1) is 6.26 Å². The summed E-state index contributed by atoms with van der Waals surface area (Å²) in [6.07, 6.45) is 4.56. The largest absolute Gasteiger partial charge is 0.464 e. The lowest BCUT2D eigenvalue weighted by Crippen LogP contribution is -2.24. The summed E-state index contributed by atoms with van der Waals surface area (Å²) in [6.45, 7) is 3.77. The van der Waals surface area contributed by atoms with Crippen LogP contribution in [-0.2, 0) is 13.0 Å². The molecule has 4 aromatic rings. The molecule has 0 aliphatic carbocycles. The summed E-state index contributed by atoms with van der Waals surface area (Å²) in [5.41, 5.74) is 6.12. The van der Waals surface area contributed by atoms with Crippen LogP contribution in [0, 0.1) is 6.92 Å². The lowest BCUT2D eigenvalue weighted by Gasteiger charge is -2.19. The topological polar surface area (TPSA) is 77.0 Å². The normalized spacial score (nSPS) is 13.4. The third kappa shape index (κ3) is 2.67. The van der Waals surface area contributed by atoms with Crippen LogP contribution in [0.15, 0.2) is 45.7 Å². The summed E-state index contributed by atoms with van der Waals surface area (Å²) < 4.78 is 10.9. The van der Waals surface area contributed by atoms with Crippen LogP contribution in [0.2, 0.25) is 0 Å². The van der Waals surface area contributed by atoms with Gasteiger partial charge in [-0.2, -0.15) is 4.98 Å². The van der Waals surface area contributed by atoms with Crippen LogP contribution >= 0.6 is 12.4 Å². The van der Waals surface area contributed by atoms with Gasteiger partial charge in [0.25, 0.3) is 5.89 Å². The fourth-order valence-corrected chi connectivity index (χ4v) is 3.41. The first-order valence-corrected chi connectivity index (χ1v) is 8.29. The van der Waals surface area contributed by atoms with Crippen molar-refractivity contribution in [2.45, 2.75) is 19.9 Å². The van der Waals surface area contributed by atoms with Crippen molar-refractivity contribution in [2.75, 3.05) is 6.54 Å². The van der Waals surface area contributed by atoms with Crippen LogP contribution < -0.4 is 5.32 Å². The number of nitrogens with one attached hydrogen (secondary N) is 1. The van der Waals surface area contributed by atoms with E-state index in [2.05, 4.69) is 20.4 Å². The van der Waals surface area contributed by atoms with Gasteiger partial charge in [-0.25, -0.2) is 0 Å². The molecule has 0 spiro atoms. The molecule has 1 aliphatic heterocycles. The monoisotopic (exact) mass is 368 g/mol. The molecule has 3 aromatic heterocycles. The van der Waals surface area contributed by atoms with Gasteiger partial charge in [0.15, 0.2) is 0 Å². The molecule has 0 saturated heterocycles. The molecule has 132 valence electrons. The van der Waals surface area contributed by atoms with Crippen molar-refractivity contribution < 1.29 is 8.94 Å². The quantitative estimate of drug-likeness (QED) is 0.577. The maximum Gasteiger partial charge on any atom is 0.258 e. The molecule has 1 N–H and O–H groups in total. The number of pyridine rings is 1. The molecule has 5 rings (SSSR count). The molecule has 0 amide bonds. The number of furan rings is 1. The Labute approximate surface area is 156 Å². The predicted octanol–water partition coefficient (Wildman–Crippen LogP) is 3.92. The highest BCUT2D eigenvalue weighted by molar-refractivity contribution is 5.85. The number of benzene rings is 1. The average molecular weight is 369 g/mol. The van der Waals surface area contributed by atoms with Crippen LogP contribution in [0.3, 0.4) is 0 Å². The van der Waals surface area contributed by atoms with E-state index in [4.69, 9.17) is 8.94 Å². The van der Waals surface area contributed by atoms with E-state index in [0.29, 0.717) is 11.7 Å². The van der Waals surface area contributed by atoms with E-state index >= 15 is 0 Å². The Hall–Kier alpha value is -2.70. The SMILES string of the molecule is Cc1ncc2c(c1-c1noc(-c3ccc4occc4c3)n1)CCNC2.Cl. The number of nitrogens with zero attached hydrogens (tertiary/aromatic N) is 3. The van der Waals surface area contributed by atoms with Gasteiger partial charge >= 0.3 is 0 Å². The number of aromatic nitrogens is 3. The van der Waals surface area contributed by atoms with Gasteiger partial charge in [-0.3, -0.25) is 4.98 Å². The summed E-state index contributed by atoms with van der Waals surface area (Å²) in [7, 11) is 0. The van der Waals surface area contributed by atoms with Gasteiger partial charge in [0.1, 0.15) is 5.58 Å². The molecular formula is C19H17ClN4O2. The van der Waals surface area contributed by atoms with Gasteiger partial charge in [0.2, 0.25) is 5.82 Å². The number of aryl methyl sites for hydroxylation is 1. The summed E-state index contributed by atoms with van der Waals surface area (Å²) >= 11 is 0. The molecule has 4 heterocycles. The van der Waals surface area contributed by atoms with Crippen LogP contribution in [0.5, 0.6) is 0 Å². The molecule has 1 aromatic carbocycles. The maximum absolute atomic E-state index is 5.54. The Kier molecular flexibility index (Phi) is 4.22. The number of hydrogen-bond acceptors (Lipinski definition) is 6. The molecular weight excluding hydrogens is 352 g/mol. The molecule has 6 nitrogen and oxygen atoms in total. The van der Waals surface area contributed by atoms with E-state index in [1.165, 1.54) is 11.1 Å². The minimum absolute atomic E-state index is 0. The fraction of sp³-hybridized carbons (Fsp3) is 0.211. The second-order valence-electron chi connectivity index (χ2n) is 6.25. The minimum atomic E-state index is 0. The van der Waals surface area contributed by atoms with Crippen molar-refractivity contribution >= 4 is 23.4 Å². The van der Waals surface area contributed by atoms with Crippen molar-refractivity contribution in [3.8, 4) is 22.8 Å². The molecule has 0 unspecified atom stereocenters. The van der Waals surface area contributed by atoms with Crippen LogP contribution in [0.25, 0.3) is 33.8 Å². The predicted molar refractivity (Wildman–Crippen MR) is 100 cm³/mol. The van der Waals surface area contributed by atoms with Gasteiger partial charge in [0, 0.05) is 34.9 Å². The van der Waals surface area contributed by atoms with Gasteiger partial charge in [-0.15, -0.1) is 12.4 Å². The molecule has 0 atom stereocenters. The van der Waals surface area contributed by atoms with Crippen molar-refractivity contribution in [3.63, 3.8) is 0 Å². The Bertz CT molecular complexity index is 1090. The Morgan fingerprint density at radius 3 is 3.04 bits per heavy atom. The van der Waals surface area contributed by atoms with Crippen molar-refractivity contribution in [2.24, 2.45) is 0 Å². The van der Waals surface area contributed by atoms with Crippen LogP contribution in [-0.4, -0.2) is 21.7 Å². The first kappa shape index (κ1) is 16.8. The Balaban J connectivity index is 0.00000168. The second-order valence-corrected chi connectivity index (χ2v) is 6.25. The first-order valence-electron chi connectivity index (χ1n) is 8.29. The number of halogens is 1. The average Bonchev–Trinajstić information content (AvgIpc) is 3.30. The molecule has 0 saturated carbocycles. The van der Waals surface area contributed by atoms with Crippen molar-refractivity contribution in [3.05, 3.63) is 53.5 Å². The van der Waals surface area contributed by atoms with Gasteiger partial charge in [-0.05, 0) is 55.3 Å². The maximum atomic E-state index is 5.54. The smallest absolute Gasteiger partial charge is 0.258 e. The summed E-state index contributed by atoms with van der Waals surface area (Å²) in [4.78, 5) is 9.15. The fourth-order valence-electron chi connectivity index (χ4n) is 3.41. The Morgan fingerprint density at radius 1 is 1.19 bits per heavy atom. The molecule has 26 heavy (non-hydrogen) atoms. The van der Waals surface area contributed by atoms with E-state index in [9.17, 15) is 0 Å². The molecule has 1 aliphatic rings. The van der Waals surface area contributed by atoms with E-state index in [-0.39, 0.29) is 12.4 Å². The third-order valence-electron chi connectivity index (χ3n) is 4.68. The Morgan fingerprint density at radius 2 is 2.12 bits per heavy atom. The number of rotatable bonds is 2. The highest BCUT2D eigenvalue weighted by Crippen LogP contribution is 2.31. The molecule has 7 heteroatoms. The zero-order valence-electron chi connectivity index (χ0n) is 14.2. The summed E-state index contributed by atoms with van der Waals surface area (Å²) in [5.74, 6) is 1.11. The standard InChI is InChI=1S/C19H16N4O2.ClH/c1-11-17(15-4-6-20-9-14(15)10-21-11)18-22-19(25-23-18)13-2-3-16-12(8-13)5-7-24-16;/h2-3,5,7-8,10,20H,4,6,9H2,1H3;1H. The zero-order chi connectivity index (χ0) is 16.8. The first-order chi connectivity index (χ1) is 12.3. The lowest BCUT2D eigenvalue weighted by molar-refractivity contribution is 0.432. The highest BCUT2D eigenvalue weighted by atomic mass is 35.5. The summed E-state index contributed by atoms with van der Waals surface area (Å²) in [5, 5.41) is 8.61. The summed E-state index contributed by atoms with van der Waals surface area (Å²) in [6, 6.07) is 7.76. The zero-order valence-corrected chi connectivity index (χ0v) is 15.0. The van der Waals surface area contributed by atoms with Crippen LogP contribution in [0.1, 0.15) is 16.8 Å². The number of fused-ring (bicyclic) bond motifs is 2. The van der Waals surface area contributed by atoms with Crippen molar-refractivity contribution in [1.82, 2.24) is 20.4 Å². The highest BCUT2D eigenvalue weighted by Gasteiger charge is 2.21. The molecule has 0 fully saturated rings. The van der Waals surface area contributed by atoms with Gasteiger partial charge in [-0.1, -0.05) is 5.16 Å². The van der Waals surface area contributed by atoms with Crippen molar-refractivity contribution in [1.29, 1.82) is 0 Å². The number of hydrogen-bond donors (Lipinski definition) is 1. The van der Waals surface area contributed by atoms with E-state index in [0.717, 1.165) is 47.3 Å². The van der Waals surface area contributed by atoms with Crippen LogP contribution in [0.4, 0.5) is 0 Å². The molecule has 0 bridgehead atoms. The van der Waals surface area contributed by atoms with E-state index in [1.807, 2.05) is 37.4 Å². The second kappa shape index (κ2) is 6.55. The van der Waals surface area contributed by atoms with Gasteiger partial charge < -0.3 is 14.3 Å². The minimum Gasteiger partial charge on any atom is -0.464 e. The molecule has 0 radical (unpaired) electrons. The lowest BCUT2D eigenvalue weighted by atomic mass is 9.95. The van der Waals surface area contributed by atoms with E-state index < -0.39 is 0 Å². The third-order valence-corrected chi connectivity index (χ3v) is 4.68. The van der Waals surface area contributed by atoms with E-state index in [1.54, 1.807) is 6.26 Å².